The van der Waals surface area contributed by atoms with E-state index in [1.165, 1.54) is 22.1 Å². The third-order valence-corrected chi connectivity index (χ3v) is 10.8. The molecule has 2 aliphatic carbocycles. The zero-order valence-corrected chi connectivity index (χ0v) is 29.0. The van der Waals surface area contributed by atoms with Crippen LogP contribution in [-0.4, -0.2) is 9.13 Å². The smallest absolute Gasteiger partial charge is 0.105 e. The minimum absolute atomic E-state index is 0.331. The number of para-hydroxylation sites is 1. The van der Waals surface area contributed by atoms with Gasteiger partial charge in [-0.05, 0) is 96.0 Å². The molecule has 244 valence electrons. The van der Waals surface area contributed by atoms with E-state index < -0.39 is 0 Å². The molecule has 5 aromatic carbocycles. The number of allylic oxidation sites excluding steroid dienone is 11. The number of rotatable bonds is 6. The fourth-order valence-electron chi connectivity index (χ4n) is 8.49. The van der Waals surface area contributed by atoms with Gasteiger partial charge in [0.2, 0.25) is 0 Å². The van der Waals surface area contributed by atoms with Crippen LogP contribution in [0, 0.1) is 41.7 Å². The third kappa shape index (κ3) is 4.27. The molecule has 9 rings (SSSR count). The summed E-state index contributed by atoms with van der Waals surface area (Å²) < 4.78 is 4.17. The van der Waals surface area contributed by atoms with E-state index in [9.17, 15) is 10.5 Å². The molecule has 2 aliphatic rings. The van der Waals surface area contributed by atoms with E-state index in [2.05, 4.69) is 132 Å². The van der Waals surface area contributed by atoms with Crippen molar-refractivity contribution in [3.63, 3.8) is 0 Å². The van der Waals surface area contributed by atoms with E-state index in [-0.39, 0.29) is 0 Å². The monoisotopic (exact) mass is 664 g/mol. The first-order chi connectivity index (χ1) is 25.5. The van der Waals surface area contributed by atoms with Gasteiger partial charge in [-0.25, -0.2) is 0 Å². The Morgan fingerprint density at radius 2 is 1.77 bits per heavy atom. The Morgan fingerprint density at radius 3 is 2.60 bits per heavy atom. The first-order valence-electron chi connectivity index (χ1n) is 17.4. The van der Waals surface area contributed by atoms with Crippen LogP contribution in [0.3, 0.4) is 0 Å². The molecule has 0 spiro atoms. The van der Waals surface area contributed by atoms with Crippen LogP contribution in [-0.2, 0) is 0 Å². The highest BCUT2D eigenvalue weighted by Crippen LogP contribution is 2.52. The third-order valence-electron chi connectivity index (χ3n) is 10.8. The van der Waals surface area contributed by atoms with Gasteiger partial charge in [0.15, 0.2) is 0 Å². The lowest BCUT2D eigenvalue weighted by Crippen LogP contribution is -2.02. The van der Waals surface area contributed by atoms with Crippen molar-refractivity contribution in [1.29, 1.82) is 10.5 Å². The van der Waals surface area contributed by atoms with Gasteiger partial charge in [0, 0.05) is 32.8 Å². The molecule has 0 radical (unpaired) electrons. The van der Waals surface area contributed by atoms with Gasteiger partial charge in [0.25, 0.3) is 0 Å². The van der Waals surface area contributed by atoms with Crippen LogP contribution in [0.4, 0.5) is 0 Å². The van der Waals surface area contributed by atoms with Gasteiger partial charge in [0.05, 0.1) is 45.2 Å². The van der Waals surface area contributed by atoms with E-state index in [1.807, 2.05) is 30.4 Å². The van der Waals surface area contributed by atoms with Crippen LogP contribution in [0.5, 0.6) is 0 Å². The standard InChI is InChI=1S/C48H32N4/c1-5-6-14-33-29(2)23-24-44-47(33)38-18-10-12-22-43(38)52(44)45(30(3)27-49)25-32(28-50)31(4)51-42-21-11-9-17-36(42)41-26-40-35-16-8-7-15-34(35)37-19-13-20-39(46(37)40)48(41)51/h5-10,12-14,16-20,22-26,34H,1,4,15H2,2-3H3/b14-6-,32-25-,45-30-. The second-order valence-corrected chi connectivity index (χ2v) is 13.5. The molecule has 1 unspecified atom stereocenters. The lowest BCUT2D eigenvalue weighted by atomic mass is 9.89. The molecule has 0 N–H and O–H groups in total. The summed E-state index contributed by atoms with van der Waals surface area (Å²) in [6.07, 6.45) is 15.3. The second-order valence-electron chi connectivity index (χ2n) is 13.5. The molecule has 2 aromatic heterocycles. The highest BCUT2D eigenvalue weighted by molar-refractivity contribution is 6.24. The molecule has 2 heterocycles. The summed E-state index contributed by atoms with van der Waals surface area (Å²) in [5.74, 6) is 0.331. The summed E-state index contributed by atoms with van der Waals surface area (Å²) in [5.41, 5.74) is 11.8. The summed E-state index contributed by atoms with van der Waals surface area (Å²) in [6, 6.07) is 36.6. The zero-order valence-electron chi connectivity index (χ0n) is 29.0. The summed E-state index contributed by atoms with van der Waals surface area (Å²) in [4.78, 5) is 0. The number of nitriles is 2. The summed E-state index contributed by atoms with van der Waals surface area (Å²) in [5, 5.41) is 28.0. The Kier molecular flexibility index (Phi) is 7.01. The Bertz CT molecular complexity index is 3000. The number of hydrogen-bond acceptors (Lipinski definition) is 2. The molecule has 4 heteroatoms. The summed E-state index contributed by atoms with van der Waals surface area (Å²) >= 11 is 0. The molecule has 0 fully saturated rings. The van der Waals surface area contributed by atoms with Crippen molar-refractivity contribution in [2.75, 3.05) is 0 Å². The largest absolute Gasteiger partial charge is 0.308 e. The average molecular weight is 665 g/mol. The molecule has 52 heavy (non-hydrogen) atoms. The Hall–Kier alpha value is -7.06. The molecule has 0 aliphatic heterocycles. The van der Waals surface area contributed by atoms with Crippen LogP contribution in [0.1, 0.15) is 41.5 Å². The number of aryl methyl sites for hydroxylation is 1. The van der Waals surface area contributed by atoms with E-state index in [1.54, 1.807) is 13.0 Å². The molecule has 0 amide bonds. The zero-order chi connectivity index (χ0) is 35.7. The predicted molar refractivity (Wildman–Crippen MR) is 216 cm³/mol. The lowest BCUT2D eigenvalue weighted by Gasteiger charge is -2.15. The highest BCUT2D eigenvalue weighted by Gasteiger charge is 2.32. The second kappa shape index (κ2) is 11.8. The maximum absolute atomic E-state index is 10.9. The highest BCUT2D eigenvalue weighted by atomic mass is 15.0. The molecule has 0 saturated heterocycles. The van der Waals surface area contributed by atoms with Crippen molar-refractivity contribution in [3.05, 3.63) is 168 Å². The van der Waals surface area contributed by atoms with Crippen LogP contribution in [0.15, 0.2) is 134 Å². The minimum Gasteiger partial charge on any atom is -0.308 e. The van der Waals surface area contributed by atoms with Gasteiger partial charge in [0.1, 0.15) is 11.6 Å². The average Bonchev–Trinajstić information content (AvgIpc) is 3.82. The van der Waals surface area contributed by atoms with Crippen LogP contribution >= 0.6 is 0 Å². The van der Waals surface area contributed by atoms with Crippen LogP contribution in [0.25, 0.3) is 77.4 Å². The fourth-order valence-corrected chi connectivity index (χ4v) is 8.49. The van der Waals surface area contributed by atoms with E-state index in [0.717, 1.165) is 66.5 Å². The first-order valence-corrected chi connectivity index (χ1v) is 17.4. The van der Waals surface area contributed by atoms with Gasteiger partial charge < -0.3 is 9.13 Å². The van der Waals surface area contributed by atoms with Crippen molar-refractivity contribution < 1.29 is 0 Å². The number of hydrogen-bond donors (Lipinski definition) is 0. The number of nitrogens with zero attached hydrogens (tertiary/aromatic N) is 4. The molecular formula is C48H32N4. The maximum atomic E-state index is 10.9. The van der Waals surface area contributed by atoms with Gasteiger partial charge in [-0.15, -0.1) is 0 Å². The van der Waals surface area contributed by atoms with E-state index >= 15 is 0 Å². The topological polar surface area (TPSA) is 57.4 Å². The summed E-state index contributed by atoms with van der Waals surface area (Å²) in [6.45, 7) is 12.4. The number of benzene rings is 4. The van der Waals surface area contributed by atoms with Crippen molar-refractivity contribution in [2.45, 2.75) is 26.2 Å². The molecule has 0 saturated carbocycles. The Balaban J connectivity index is 1.32. The quantitative estimate of drug-likeness (QED) is 0.131. The predicted octanol–water partition coefficient (Wildman–Crippen LogP) is 12.0. The van der Waals surface area contributed by atoms with E-state index in [0.29, 0.717) is 28.5 Å². The van der Waals surface area contributed by atoms with E-state index in [4.69, 9.17) is 0 Å². The Morgan fingerprint density at radius 1 is 0.923 bits per heavy atom. The summed E-state index contributed by atoms with van der Waals surface area (Å²) in [7, 11) is 0. The SMILES string of the molecule is C=C/C=C\c1c(C)ccc2c1c1ccccc1n2C(/C=C(/C#N)C(=C)n1c2c#cccc2c2cc3c4c(cccc4c21)C1CC=CC=C31)=C(/C)C#N. The molecule has 1 atom stereocenters. The van der Waals surface area contributed by atoms with Crippen molar-refractivity contribution >= 4 is 77.4 Å². The molecular weight excluding hydrogens is 633 g/mol. The maximum Gasteiger partial charge on any atom is 0.105 e. The lowest BCUT2D eigenvalue weighted by molar-refractivity contribution is 0.899. The fraction of sp³-hybridized carbons (Fsp3) is 0.0833. The number of aromatic nitrogens is 2. The van der Waals surface area contributed by atoms with Crippen LogP contribution < -0.4 is 0 Å². The van der Waals surface area contributed by atoms with Crippen molar-refractivity contribution in [2.24, 2.45) is 0 Å². The minimum atomic E-state index is 0.331. The molecule has 0 bridgehead atoms. The van der Waals surface area contributed by atoms with Crippen LogP contribution in [0.2, 0.25) is 0 Å². The molecule has 7 aromatic rings. The first kappa shape index (κ1) is 31.0. The number of fused-ring (bicyclic) bond motifs is 10. The molecule has 4 nitrogen and oxygen atoms in total. The van der Waals surface area contributed by atoms with Crippen molar-refractivity contribution in [3.8, 4) is 12.1 Å². The normalized spacial score (nSPS) is 15.6. The van der Waals surface area contributed by atoms with Gasteiger partial charge in [-0.1, -0.05) is 98.1 Å². The van der Waals surface area contributed by atoms with Crippen molar-refractivity contribution in [1.82, 2.24) is 9.13 Å². The Labute approximate surface area is 302 Å². The van der Waals surface area contributed by atoms with Gasteiger partial charge >= 0.3 is 0 Å². The van der Waals surface area contributed by atoms with Gasteiger partial charge in [-0.3, -0.25) is 0 Å². The van der Waals surface area contributed by atoms with Gasteiger partial charge in [-0.2, -0.15) is 10.5 Å².